The molecule has 1 unspecified atom stereocenters. The first kappa shape index (κ1) is 16.1. The molecule has 1 fully saturated rings. The Bertz CT molecular complexity index is 612. The van der Waals surface area contributed by atoms with Crippen LogP contribution >= 0.6 is 0 Å². The van der Waals surface area contributed by atoms with Crippen LogP contribution in [0.4, 0.5) is 4.79 Å². The Morgan fingerprint density at radius 2 is 2.00 bits per heavy atom. The molecule has 2 aliphatic carbocycles. The third-order valence-electron chi connectivity index (χ3n) is 5.38. The number of nitrogens with one attached hydrogen (secondary N) is 1. The van der Waals surface area contributed by atoms with Gasteiger partial charge in [-0.2, -0.15) is 0 Å². The third-order valence-corrected chi connectivity index (χ3v) is 5.38. The van der Waals surface area contributed by atoms with Gasteiger partial charge in [0, 0.05) is 0 Å². The number of hydrogen-bond acceptors (Lipinski definition) is 1. The molecule has 0 aliphatic heterocycles. The quantitative estimate of drug-likeness (QED) is 0.808. The molecule has 2 aliphatic rings. The Labute approximate surface area is 138 Å². The standard InChI is InChI=1S/C20H27NO2/c1-20(2)13-16-12-15(9-8-14-6-4-3-5-7-14)10-11-17(16)18(20)21-19(22)23/h8-12,14,18,21H,3-7,13H2,1-2H3,(H,22,23)/b9-8+. The minimum atomic E-state index is -0.947. The van der Waals surface area contributed by atoms with Crippen molar-refractivity contribution >= 4 is 12.2 Å². The molecule has 3 nitrogen and oxygen atoms in total. The fourth-order valence-electron chi connectivity index (χ4n) is 4.15. The van der Waals surface area contributed by atoms with Crippen LogP contribution in [0.25, 0.3) is 6.08 Å². The number of allylic oxidation sites excluding steroid dienone is 1. The second kappa shape index (κ2) is 6.38. The van der Waals surface area contributed by atoms with Gasteiger partial charge in [-0.25, -0.2) is 4.79 Å². The summed E-state index contributed by atoms with van der Waals surface area (Å²) in [6, 6.07) is 6.34. The smallest absolute Gasteiger partial charge is 0.405 e. The van der Waals surface area contributed by atoms with E-state index in [1.165, 1.54) is 43.2 Å². The van der Waals surface area contributed by atoms with E-state index < -0.39 is 6.09 Å². The van der Waals surface area contributed by atoms with Crippen LogP contribution in [-0.2, 0) is 6.42 Å². The maximum Gasteiger partial charge on any atom is 0.405 e. The van der Waals surface area contributed by atoms with Crippen LogP contribution in [0, 0.1) is 11.3 Å². The summed E-state index contributed by atoms with van der Waals surface area (Å²) in [7, 11) is 0. The molecule has 3 rings (SSSR count). The molecule has 124 valence electrons. The molecule has 1 aromatic carbocycles. The second-order valence-corrected chi connectivity index (χ2v) is 7.76. The van der Waals surface area contributed by atoms with Gasteiger partial charge in [-0.1, -0.05) is 63.5 Å². The monoisotopic (exact) mass is 313 g/mol. The maximum absolute atomic E-state index is 11.1. The van der Waals surface area contributed by atoms with Crippen molar-refractivity contribution in [1.82, 2.24) is 5.32 Å². The van der Waals surface area contributed by atoms with Gasteiger partial charge < -0.3 is 10.4 Å². The zero-order valence-electron chi connectivity index (χ0n) is 14.1. The van der Waals surface area contributed by atoms with Crippen LogP contribution in [-0.4, -0.2) is 11.2 Å². The van der Waals surface area contributed by atoms with Gasteiger partial charge in [0.1, 0.15) is 0 Å². The Kier molecular flexibility index (Phi) is 4.47. The topological polar surface area (TPSA) is 49.3 Å². The van der Waals surface area contributed by atoms with E-state index in [9.17, 15) is 4.79 Å². The summed E-state index contributed by atoms with van der Waals surface area (Å²) in [5.41, 5.74) is 3.57. The van der Waals surface area contributed by atoms with Crippen LogP contribution in [0.3, 0.4) is 0 Å². The summed E-state index contributed by atoms with van der Waals surface area (Å²) in [6.07, 6.45) is 11.3. The normalized spacial score (nSPS) is 23.8. The van der Waals surface area contributed by atoms with Crippen molar-refractivity contribution in [3.8, 4) is 0 Å². The van der Waals surface area contributed by atoms with Crippen molar-refractivity contribution in [2.75, 3.05) is 0 Å². The van der Waals surface area contributed by atoms with E-state index in [-0.39, 0.29) is 11.5 Å². The van der Waals surface area contributed by atoms with Gasteiger partial charge in [0.25, 0.3) is 0 Å². The van der Waals surface area contributed by atoms with Gasteiger partial charge in [0.2, 0.25) is 0 Å². The first-order valence-electron chi connectivity index (χ1n) is 8.76. The fourth-order valence-corrected chi connectivity index (χ4v) is 4.15. The summed E-state index contributed by atoms with van der Waals surface area (Å²) in [5.74, 6) is 0.731. The van der Waals surface area contributed by atoms with Crippen molar-refractivity contribution in [1.29, 1.82) is 0 Å². The minimum Gasteiger partial charge on any atom is -0.465 e. The predicted molar refractivity (Wildman–Crippen MR) is 93.4 cm³/mol. The lowest BCUT2D eigenvalue weighted by molar-refractivity contribution is 0.175. The van der Waals surface area contributed by atoms with E-state index in [1.807, 2.05) is 0 Å². The number of carbonyl (C=O) groups is 1. The van der Waals surface area contributed by atoms with Gasteiger partial charge in [0.05, 0.1) is 6.04 Å². The average molecular weight is 313 g/mol. The van der Waals surface area contributed by atoms with Crippen molar-refractivity contribution in [3.05, 3.63) is 41.0 Å². The van der Waals surface area contributed by atoms with Crippen molar-refractivity contribution in [2.45, 2.75) is 58.4 Å². The van der Waals surface area contributed by atoms with E-state index in [4.69, 9.17) is 5.11 Å². The van der Waals surface area contributed by atoms with Crippen molar-refractivity contribution < 1.29 is 9.90 Å². The average Bonchev–Trinajstić information content (AvgIpc) is 2.75. The van der Waals surface area contributed by atoms with Crippen LogP contribution in [0.1, 0.15) is 68.7 Å². The summed E-state index contributed by atoms with van der Waals surface area (Å²) < 4.78 is 0. The Morgan fingerprint density at radius 1 is 1.26 bits per heavy atom. The number of rotatable bonds is 3. The lowest BCUT2D eigenvalue weighted by Gasteiger charge is -2.27. The first-order chi connectivity index (χ1) is 11.0. The minimum absolute atomic E-state index is 0.0770. The molecule has 2 N–H and O–H groups in total. The van der Waals surface area contributed by atoms with Gasteiger partial charge in [0.15, 0.2) is 0 Å². The molecule has 1 atom stereocenters. The maximum atomic E-state index is 11.1. The van der Waals surface area contributed by atoms with Crippen molar-refractivity contribution in [3.63, 3.8) is 0 Å². The Morgan fingerprint density at radius 3 is 2.70 bits per heavy atom. The van der Waals surface area contributed by atoms with E-state index >= 15 is 0 Å². The van der Waals surface area contributed by atoms with Crippen LogP contribution < -0.4 is 5.32 Å². The van der Waals surface area contributed by atoms with Gasteiger partial charge >= 0.3 is 6.09 Å². The third kappa shape index (κ3) is 3.60. The van der Waals surface area contributed by atoms with E-state index in [1.54, 1.807) is 0 Å². The van der Waals surface area contributed by atoms with Crippen LogP contribution in [0.15, 0.2) is 24.3 Å². The lowest BCUT2D eigenvalue weighted by Crippen LogP contribution is -2.34. The summed E-state index contributed by atoms with van der Waals surface area (Å²) >= 11 is 0. The summed E-state index contributed by atoms with van der Waals surface area (Å²) in [6.45, 7) is 4.26. The molecule has 1 amide bonds. The van der Waals surface area contributed by atoms with E-state index in [2.05, 4.69) is 49.5 Å². The summed E-state index contributed by atoms with van der Waals surface area (Å²) in [4.78, 5) is 11.1. The molecule has 0 bridgehead atoms. The highest BCUT2D eigenvalue weighted by atomic mass is 16.4. The fraction of sp³-hybridized carbons (Fsp3) is 0.550. The first-order valence-corrected chi connectivity index (χ1v) is 8.76. The Hall–Kier alpha value is -1.77. The predicted octanol–water partition coefficient (Wildman–Crippen LogP) is 5.17. The van der Waals surface area contributed by atoms with Gasteiger partial charge in [-0.15, -0.1) is 0 Å². The molecular weight excluding hydrogens is 286 g/mol. The van der Waals surface area contributed by atoms with Crippen LogP contribution in [0.5, 0.6) is 0 Å². The number of amides is 1. The summed E-state index contributed by atoms with van der Waals surface area (Å²) in [5, 5.41) is 11.8. The molecule has 0 heterocycles. The molecule has 0 spiro atoms. The molecule has 1 aromatic rings. The zero-order valence-corrected chi connectivity index (χ0v) is 14.1. The van der Waals surface area contributed by atoms with E-state index in [0.717, 1.165) is 17.9 Å². The molecule has 0 radical (unpaired) electrons. The largest absolute Gasteiger partial charge is 0.465 e. The van der Waals surface area contributed by atoms with Crippen molar-refractivity contribution in [2.24, 2.45) is 11.3 Å². The van der Waals surface area contributed by atoms with E-state index in [0.29, 0.717) is 0 Å². The molecule has 0 saturated heterocycles. The molecule has 3 heteroatoms. The molecule has 23 heavy (non-hydrogen) atoms. The van der Waals surface area contributed by atoms with Gasteiger partial charge in [-0.05, 0) is 47.3 Å². The molecular formula is C20H27NO2. The number of hydrogen-bond donors (Lipinski definition) is 2. The van der Waals surface area contributed by atoms with Crippen LogP contribution in [0.2, 0.25) is 0 Å². The number of carboxylic acid groups (broad SMARTS) is 1. The number of benzene rings is 1. The number of fused-ring (bicyclic) bond motifs is 1. The highest BCUT2D eigenvalue weighted by Gasteiger charge is 2.39. The molecule has 1 saturated carbocycles. The lowest BCUT2D eigenvalue weighted by atomic mass is 9.85. The molecule has 0 aromatic heterocycles. The van der Waals surface area contributed by atoms with Gasteiger partial charge in [-0.3, -0.25) is 0 Å². The highest BCUT2D eigenvalue weighted by Crippen LogP contribution is 2.45. The second-order valence-electron chi connectivity index (χ2n) is 7.76. The zero-order chi connectivity index (χ0) is 16.4. The SMILES string of the molecule is CC1(C)Cc2cc(/C=C/C3CCCCC3)ccc2C1NC(=O)O. The Balaban J connectivity index is 1.78. The highest BCUT2D eigenvalue weighted by molar-refractivity contribution is 5.66.